The number of halogens is 1. The Balaban J connectivity index is 1.45. The maximum Gasteiger partial charge on any atom is 0.309 e. The third kappa shape index (κ3) is 5.98. The van der Waals surface area contributed by atoms with Gasteiger partial charge in [0.15, 0.2) is 5.16 Å². The first kappa shape index (κ1) is 24.3. The Morgan fingerprint density at radius 2 is 1.85 bits per heavy atom. The molecular weight excluding hydrogens is 472 g/mol. The molecule has 0 radical (unpaired) electrons. The first-order valence-electron chi connectivity index (χ1n) is 11.4. The second-order valence-electron chi connectivity index (χ2n) is 8.07. The fourth-order valence-corrected chi connectivity index (χ4v) is 5.06. The van der Waals surface area contributed by atoms with Gasteiger partial charge in [-0.2, -0.15) is 0 Å². The Morgan fingerprint density at radius 1 is 1.09 bits per heavy atom. The van der Waals surface area contributed by atoms with E-state index in [-0.39, 0.29) is 23.5 Å². The van der Waals surface area contributed by atoms with Crippen molar-refractivity contribution < 1.29 is 14.3 Å². The fourth-order valence-electron chi connectivity index (χ4n) is 4.00. The summed E-state index contributed by atoms with van der Waals surface area (Å²) in [7, 11) is 0. The lowest BCUT2D eigenvalue weighted by Crippen LogP contribution is -2.41. The summed E-state index contributed by atoms with van der Waals surface area (Å²) in [5, 5.41) is 10.1. The van der Waals surface area contributed by atoms with Gasteiger partial charge in [0, 0.05) is 24.5 Å². The molecule has 1 aliphatic heterocycles. The van der Waals surface area contributed by atoms with Crippen LogP contribution < -0.4 is 0 Å². The van der Waals surface area contributed by atoms with Crippen LogP contribution in [0.1, 0.15) is 31.2 Å². The first-order chi connectivity index (χ1) is 16.5. The Kier molecular flexibility index (Phi) is 8.24. The van der Waals surface area contributed by atoms with Gasteiger partial charge in [-0.15, -0.1) is 10.2 Å². The minimum atomic E-state index is -0.162. The van der Waals surface area contributed by atoms with Gasteiger partial charge in [0.05, 0.1) is 24.0 Å². The summed E-state index contributed by atoms with van der Waals surface area (Å²) < 4.78 is 7.08. The van der Waals surface area contributed by atoms with Crippen molar-refractivity contribution in [2.75, 3.05) is 25.4 Å². The van der Waals surface area contributed by atoms with E-state index >= 15 is 0 Å². The van der Waals surface area contributed by atoms with Crippen LogP contribution in [-0.4, -0.2) is 57.0 Å². The van der Waals surface area contributed by atoms with E-state index in [1.165, 1.54) is 11.8 Å². The highest BCUT2D eigenvalue weighted by Crippen LogP contribution is 2.26. The Labute approximate surface area is 208 Å². The third-order valence-corrected chi connectivity index (χ3v) is 6.91. The summed E-state index contributed by atoms with van der Waals surface area (Å²) in [6.45, 7) is 3.31. The van der Waals surface area contributed by atoms with Gasteiger partial charge >= 0.3 is 5.97 Å². The van der Waals surface area contributed by atoms with Gasteiger partial charge in [-0.1, -0.05) is 59.8 Å². The first-order valence-corrected chi connectivity index (χ1v) is 12.7. The molecule has 2 aromatic carbocycles. The van der Waals surface area contributed by atoms with E-state index in [2.05, 4.69) is 10.2 Å². The summed E-state index contributed by atoms with van der Waals surface area (Å²) in [6.07, 6.45) is 1.88. The van der Waals surface area contributed by atoms with E-state index in [9.17, 15) is 9.59 Å². The van der Waals surface area contributed by atoms with Crippen LogP contribution in [0.2, 0.25) is 5.02 Å². The van der Waals surface area contributed by atoms with Crippen LogP contribution in [0.15, 0.2) is 59.8 Å². The number of carbonyl (C=O) groups excluding carboxylic acids is 2. The van der Waals surface area contributed by atoms with Gasteiger partial charge in [-0.05, 0) is 43.5 Å². The topological polar surface area (TPSA) is 77.3 Å². The van der Waals surface area contributed by atoms with Crippen LogP contribution in [0.25, 0.3) is 5.69 Å². The van der Waals surface area contributed by atoms with Gasteiger partial charge in [-0.25, -0.2) is 0 Å². The average Bonchev–Trinajstić information content (AvgIpc) is 3.25. The number of thioether (sulfide) groups is 1. The minimum Gasteiger partial charge on any atom is -0.466 e. The lowest BCUT2D eigenvalue weighted by atomic mass is 9.97. The molecule has 3 aromatic rings. The van der Waals surface area contributed by atoms with E-state index in [4.69, 9.17) is 16.3 Å². The highest BCUT2D eigenvalue weighted by molar-refractivity contribution is 7.99. The molecule has 178 valence electrons. The van der Waals surface area contributed by atoms with Gasteiger partial charge in [0.25, 0.3) is 0 Å². The van der Waals surface area contributed by atoms with Crippen molar-refractivity contribution in [2.24, 2.45) is 5.92 Å². The Morgan fingerprint density at radius 3 is 2.56 bits per heavy atom. The molecular formula is C25H27ClN4O3S. The van der Waals surface area contributed by atoms with E-state index in [1.54, 1.807) is 6.92 Å². The van der Waals surface area contributed by atoms with E-state index in [0.29, 0.717) is 49.1 Å². The van der Waals surface area contributed by atoms with E-state index in [0.717, 1.165) is 17.1 Å². The number of esters is 1. The second kappa shape index (κ2) is 11.5. The van der Waals surface area contributed by atoms with Crippen LogP contribution in [0.5, 0.6) is 0 Å². The molecule has 7 nitrogen and oxygen atoms in total. The predicted octanol–water partition coefficient (Wildman–Crippen LogP) is 4.41. The zero-order chi connectivity index (χ0) is 23.9. The monoisotopic (exact) mass is 498 g/mol. The molecule has 0 spiro atoms. The Bertz CT molecular complexity index is 1130. The molecule has 0 atom stereocenters. The number of nitrogens with zero attached hydrogens (tertiary/aromatic N) is 4. The summed E-state index contributed by atoms with van der Waals surface area (Å²) in [5.41, 5.74) is 1.98. The SMILES string of the molecule is CCOC(=O)C1CCN(C(=O)CSc2nnc(Cc3ccccc3)n2-c2cccc(Cl)c2)CC1. The molecule has 1 saturated heterocycles. The van der Waals surface area contributed by atoms with Gasteiger partial charge in [-0.3, -0.25) is 14.2 Å². The number of hydrogen-bond donors (Lipinski definition) is 0. The lowest BCUT2D eigenvalue weighted by molar-refractivity contribution is -0.151. The molecule has 0 N–H and O–H groups in total. The number of likely N-dealkylation sites (tertiary alicyclic amines) is 1. The predicted molar refractivity (Wildman–Crippen MR) is 132 cm³/mol. The summed E-state index contributed by atoms with van der Waals surface area (Å²) in [4.78, 5) is 26.7. The molecule has 2 heterocycles. The van der Waals surface area contributed by atoms with Crippen molar-refractivity contribution in [2.45, 2.75) is 31.3 Å². The van der Waals surface area contributed by atoms with Gasteiger partial charge in [0.1, 0.15) is 5.82 Å². The summed E-state index contributed by atoms with van der Waals surface area (Å²) >= 11 is 7.61. The minimum absolute atomic E-state index is 0.0255. The van der Waals surface area contributed by atoms with Crippen molar-refractivity contribution in [3.05, 3.63) is 71.0 Å². The normalized spacial score (nSPS) is 14.2. The van der Waals surface area contributed by atoms with E-state index in [1.807, 2.05) is 64.1 Å². The molecule has 0 bridgehead atoms. The molecule has 1 aromatic heterocycles. The number of ether oxygens (including phenoxy) is 1. The van der Waals surface area contributed by atoms with Crippen molar-refractivity contribution in [3.8, 4) is 5.69 Å². The molecule has 1 fully saturated rings. The van der Waals surface area contributed by atoms with Crippen molar-refractivity contribution >= 4 is 35.2 Å². The highest BCUT2D eigenvalue weighted by atomic mass is 35.5. The quantitative estimate of drug-likeness (QED) is 0.338. The maximum atomic E-state index is 12.9. The van der Waals surface area contributed by atoms with Crippen molar-refractivity contribution in [1.29, 1.82) is 0 Å². The largest absolute Gasteiger partial charge is 0.466 e. The molecule has 1 aliphatic rings. The van der Waals surface area contributed by atoms with Gasteiger partial charge in [0.2, 0.25) is 5.91 Å². The molecule has 1 amide bonds. The number of rotatable bonds is 8. The number of piperidine rings is 1. The lowest BCUT2D eigenvalue weighted by Gasteiger charge is -2.30. The zero-order valence-corrected chi connectivity index (χ0v) is 20.6. The van der Waals surface area contributed by atoms with Crippen LogP contribution in [0, 0.1) is 5.92 Å². The number of amides is 1. The number of benzene rings is 2. The van der Waals surface area contributed by atoms with Crippen LogP contribution in [0.4, 0.5) is 0 Å². The van der Waals surface area contributed by atoms with Crippen LogP contribution in [-0.2, 0) is 20.7 Å². The molecule has 0 aliphatic carbocycles. The smallest absolute Gasteiger partial charge is 0.309 e. The summed E-state index contributed by atoms with van der Waals surface area (Å²) in [6, 6.07) is 17.6. The molecule has 9 heteroatoms. The standard InChI is InChI=1S/C25H27ClN4O3S/c1-2-33-24(32)19-11-13-29(14-12-19)23(31)17-34-25-28-27-22(15-18-7-4-3-5-8-18)30(25)21-10-6-9-20(26)16-21/h3-10,16,19H,2,11-15,17H2,1H3. The summed E-state index contributed by atoms with van der Waals surface area (Å²) in [5.74, 6) is 0.762. The van der Waals surface area contributed by atoms with E-state index < -0.39 is 0 Å². The number of aromatic nitrogens is 3. The highest BCUT2D eigenvalue weighted by Gasteiger charge is 2.28. The van der Waals surface area contributed by atoms with Crippen LogP contribution in [0.3, 0.4) is 0 Å². The average molecular weight is 499 g/mol. The fraction of sp³-hybridized carbons (Fsp3) is 0.360. The van der Waals surface area contributed by atoms with Crippen molar-refractivity contribution in [3.63, 3.8) is 0 Å². The molecule has 0 saturated carbocycles. The van der Waals surface area contributed by atoms with Crippen molar-refractivity contribution in [1.82, 2.24) is 19.7 Å². The number of hydrogen-bond acceptors (Lipinski definition) is 6. The molecule has 0 unspecified atom stereocenters. The van der Waals surface area contributed by atoms with Gasteiger partial charge < -0.3 is 9.64 Å². The second-order valence-corrected chi connectivity index (χ2v) is 9.45. The number of carbonyl (C=O) groups is 2. The molecule has 4 rings (SSSR count). The third-order valence-electron chi connectivity index (χ3n) is 5.76. The molecule has 34 heavy (non-hydrogen) atoms. The Hall–Kier alpha value is -2.84. The van der Waals surface area contributed by atoms with Crippen LogP contribution >= 0.6 is 23.4 Å². The maximum absolute atomic E-state index is 12.9. The zero-order valence-electron chi connectivity index (χ0n) is 19.0.